The van der Waals surface area contributed by atoms with E-state index in [-0.39, 0.29) is 11.6 Å². The molecule has 0 amide bonds. The second-order valence-electron chi connectivity index (χ2n) is 5.36. The average Bonchev–Trinajstić information content (AvgIpc) is 2.95. The van der Waals surface area contributed by atoms with Gasteiger partial charge in [0.2, 0.25) is 0 Å². The van der Waals surface area contributed by atoms with Crippen LogP contribution in [0.2, 0.25) is 0 Å². The Labute approximate surface area is 133 Å². The summed E-state index contributed by atoms with van der Waals surface area (Å²) in [6.45, 7) is 2.97. The molecule has 0 fully saturated rings. The maximum absolute atomic E-state index is 14.3. The van der Waals surface area contributed by atoms with E-state index in [9.17, 15) is 8.78 Å². The van der Waals surface area contributed by atoms with E-state index in [1.807, 2.05) is 13.0 Å². The van der Waals surface area contributed by atoms with Crippen molar-refractivity contribution >= 4 is 0 Å². The minimum atomic E-state index is -0.285. The molecule has 3 aromatic rings. The van der Waals surface area contributed by atoms with Crippen molar-refractivity contribution in [2.45, 2.75) is 20.0 Å². The predicted molar refractivity (Wildman–Crippen MR) is 85.2 cm³/mol. The lowest BCUT2D eigenvalue weighted by atomic mass is 10.1. The first kappa shape index (κ1) is 15.4. The number of hydrogen-bond donors (Lipinski definition) is 1. The van der Waals surface area contributed by atoms with Crippen LogP contribution in [0.15, 0.2) is 54.9 Å². The summed E-state index contributed by atoms with van der Waals surface area (Å²) in [4.78, 5) is 4.10. The number of aryl methyl sites for hydroxylation is 1. The molecule has 1 aromatic heterocycles. The summed E-state index contributed by atoms with van der Waals surface area (Å²) in [6.07, 6.45) is 3.38. The van der Waals surface area contributed by atoms with Crippen molar-refractivity contribution in [2.24, 2.45) is 0 Å². The molecule has 0 aliphatic rings. The highest BCUT2D eigenvalue weighted by Gasteiger charge is 2.07. The SMILES string of the molecule is Cc1nccn1-c1ccc(CNCc2ccc(F)cc2)cc1F. The van der Waals surface area contributed by atoms with Crippen LogP contribution in [0.3, 0.4) is 0 Å². The van der Waals surface area contributed by atoms with Crippen LogP contribution in [0.4, 0.5) is 8.78 Å². The molecule has 3 nitrogen and oxygen atoms in total. The molecule has 0 aliphatic carbocycles. The van der Waals surface area contributed by atoms with Gasteiger partial charge in [-0.15, -0.1) is 0 Å². The van der Waals surface area contributed by atoms with Crippen LogP contribution < -0.4 is 5.32 Å². The minimum absolute atomic E-state index is 0.249. The van der Waals surface area contributed by atoms with Crippen molar-refractivity contribution in [1.82, 2.24) is 14.9 Å². The summed E-state index contributed by atoms with van der Waals surface area (Å²) >= 11 is 0. The van der Waals surface area contributed by atoms with E-state index >= 15 is 0 Å². The number of aromatic nitrogens is 2. The fourth-order valence-electron chi connectivity index (χ4n) is 2.44. The van der Waals surface area contributed by atoms with Gasteiger partial charge in [0.15, 0.2) is 0 Å². The molecule has 0 unspecified atom stereocenters. The zero-order valence-electron chi connectivity index (χ0n) is 12.8. The molecule has 3 rings (SSSR count). The van der Waals surface area contributed by atoms with Gasteiger partial charge in [-0.25, -0.2) is 13.8 Å². The average molecular weight is 313 g/mol. The summed E-state index contributed by atoms with van der Waals surface area (Å²) in [6, 6.07) is 11.5. The van der Waals surface area contributed by atoms with Crippen molar-refractivity contribution in [3.8, 4) is 5.69 Å². The molecule has 0 saturated carbocycles. The van der Waals surface area contributed by atoms with Crippen LogP contribution in [0, 0.1) is 18.6 Å². The Balaban J connectivity index is 1.64. The quantitative estimate of drug-likeness (QED) is 0.777. The largest absolute Gasteiger partial charge is 0.309 e. The monoisotopic (exact) mass is 313 g/mol. The van der Waals surface area contributed by atoms with Gasteiger partial charge in [-0.3, -0.25) is 0 Å². The minimum Gasteiger partial charge on any atom is -0.309 e. The van der Waals surface area contributed by atoms with Crippen LogP contribution in [-0.4, -0.2) is 9.55 Å². The number of rotatable bonds is 5. The van der Waals surface area contributed by atoms with Gasteiger partial charge in [0, 0.05) is 25.5 Å². The molecule has 0 bridgehead atoms. The molecule has 0 radical (unpaired) electrons. The maximum Gasteiger partial charge on any atom is 0.147 e. The van der Waals surface area contributed by atoms with Crippen molar-refractivity contribution in [1.29, 1.82) is 0 Å². The van der Waals surface area contributed by atoms with Gasteiger partial charge in [-0.2, -0.15) is 0 Å². The lowest BCUT2D eigenvalue weighted by Crippen LogP contribution is -2.13. The van der Waals surface area contributed by atoms with E-state index in [0.717, 1.165) is 17.0 Å². The van der Waals surface area contributed by atoms with E-state index in [0.29, 0.717) is 18.8 Å². The Morgan fingerprint density at radius 1 is 1.00 bits per heavy atom. The van der Waals surface area contributed by atoms with E-state index in [2.05, 4.69) is 10.3 Å². The van der Waals surface area contributed by atoms with Crippen LogP contribution >= 0.6 is 0 Å². The molecule has 118 valence electrons. The van der Waals surface area contributed by atoms with Gasteiger partial charge < -0.3 is 9.88 Å². The van der Waals surface area contributed by atoms with Crippen molar-refractivity contribution < 1.29 is 8.78 Å². The third-order valence-electron chi connectivity index (χ3n) is 3.67. The Bertz CT molecular complexity index is 794. The number of nitrogens with one attached hydrogen (secondary N) is 1. The fraction of sp³-hybridized carbons (Fsp3) is 0.167. The van der Waals surface area contributed by atoms with Crippen LogP contribution in [0.5, 0.6) is 0 Å². The fourth-order valence-corrected chi connectivity index (χ4v) is 2.44. The third-order valence-corrected chi connectivity index (χ3v) is 3.67. The number of nitrogens with zero attached hydrogens (tertiary/aromatic N) is 2. The number of hydrogen-bond acceptors (Lipinski definition) is 2. The standard InChI is InChI=1S/C18H17F2N3/c1-13-22-8-9-23(13)18-7-4-15(10-17(18)20)12-21-11-14-2-5-16(19)6-3-14/h2-10,21H,11-12H2,1H3. The Kier molecular flexibility index (Phi) is 4.48. The zero-order chi connectivity index (χ0) is 16.2. The molecule has 5 heteroatoms. The summed E-state index contributed by atoms with van der Waals surface area (Å²) in [5.74, 6) is 0.208. The third kappa shape index (κ3) is 3.63. The molecular weight excluding hydrogens is 296 g/mol. The van der Waals surface area contributed by atoms with E-state index in [4.69, 9.17) is 0 Å². The topological polar surface area (TPSA) is 29.9 Å². The highest BCUT2D eigenvalue weighted by Crippen LogP contribution is 2.16. The number of halogens is 2. The van der Waals surface area contributed by atoms with Crippen molar-refractivity contribution in [3.05, 3.63) is 83.4 Å². The molecule has 0 spiro atoms. The van der Waals surface area contributed by atoms with Crippen molar-refractivity contribution in [2.75, 3.05) is 0 Å². The van der Waals surface area contributed by atoms with Crippen LogP contribution in [0.25, 0.3) is 5.69 Å². The molecule has 1 heterocycles. The smallest absolute Gasteiger partial charge is 0.147 e. The molecule has 23 heavy (non-hydrogen) atoms. The summed E-state index contributed by atoms with van der Waals surface area (Å²) < 4.78 is 28.8. The second kappa shape index (κ2) is 6.71. The van der Waals surface area contributed by atoms with E-state index < -0.39 is 0 Å². The number of imidazole rings is 1. The molecule has 0 atom stereocenters. The summed E-state index contributed by atoms with van der Waals surface area (Å²) in [5, 5.41) is 3.22. The van der Waals surface area contributed by atoms with Gasteiger partial charge in [0.05, 0.1) is 5.69 Å². The Hall–Kier alpha value is -2.53. The molecule has 0 aliphatic heterocycles. The lowest BCUT2D eigenvalue weighted by Gasteiger charge is -2.09. The van der Waals surface area contributed by atoms with Crippen molar-refractivity contribution in [3.63, 3.8) is 0 Å². The molecule has 0 saturated heterocycles. The maximum atomic E-state index is 14.3. The van der Waals surface area contributed by atoms with Crippen LogP contribution in [0.1, 0.15) is 17.0 Å². The number of benzene rings is 2. The zero-order valence-corrected chi connectivity index (χ0v) is 12.8. The van der Waals surface area contributed by atoms with E-state index in [1.54, 1.807) is 35.2 Å². The first-order valence-corrected chi connectivity index (χ1v) is 7.37. The Morgan fingerprint density at radius 3 is 2.35 bits per heavy atom. The molecule has 2 aromatic carbocycles. The lowest BCUT2D eigenvalue weighted by molar-refractivity contribution is 0.609. The first-order chi connectivity index (χ1) is 11.1. The summed E-state index contributed by atoms with van der Waals surface area (Å²) in [5.41, 5.74) is 2.32. The van der Waals surface area contributed by atoms with E-state index in [1.165, 1.54) is 18.2 Å². The highest BCUT2D eigenvalue weighted by molar-refractivity contribution is 5.37. The summed E-state index contributed by atoms with van der Waals surface area (Å²) in [7, 11) is 0. The van der Waals surface area contributed by atoms with Gasteiger partial charge in [-0.05, 0) is 42.3 Å². The van der Waals surface area contributed by atoms with Gasteiger partial charge in [0.25, 0.3) is 0 Å². The van der Waals surface area contributed by atoms with Gasteiger partial charge in [-0.1, -0.05) is 18.2 Å². The van der Waals surface area contributed by atoms with Gasteiger partial charge in [0.1, 0.15) is 17.5 Å². The highest BCUT2D eigenvalue weighted by atomic mass is 19.1. The second-order valence-corrected chi connectivity index (χ2v) is 5.36. The molecule has 1 N–H and O–H groups in total. The first-order valence-electron chi connectivity index (χ1n) is 7.37. The normalized spacial score (nSPS) is 10.9. The predicted octanol–water partition coefficient (Wildman–Crippen LogP) is 3.75. The Morgan fingerprint density at radius 2 is 1.70 bits per heavy atom. The van der Waals surface area contributed by atoms with Crippen LogP contribution in [-0.2, 0) is 13.1 Å². The molecular formula is C18H17F2N3. The van der Waals surface area contributed by atoms with Gasteiger partial charge >= 0.3 is 0 Å².